The van der Waals surface area contributed by atoms with Crippen LogP contribution in [0.3, 0.4) is 0 Å². The van der Waals surface area contributed by atoms with Crippen molar-refractivity contribution >= 4 is 17.9 Å². The second-order valence-electron chi connectivity index (χ2n) is 11.8. The molecule has 0 saturated carbocycles. The van der Waals surface area contributed by atoms with Crippen molar-refractivity contribution in [1.29, 1.82) is 0 Å². The molecule has 2 atom stereocenters. The third-order valence-corrected chi connectivity index (χ3v) is 7.45. The summed E-state index contributed by atoms with van der Waals surface area (Å²) in [6, 6.07) is 11.4. The van der Waals surface area contributed by atoms with Crippen LogP contribution in [0.25, 0.3) is 0 Å². The maximum atomic E-state index is 13.3. The lowest BCUT2D eigenvalue weighted by molar-refractivity contribution is -0.0113. The topological polar surface area (TPSA) is 144 Å². The molecule has 3 aromatic rings. The standard InChI is InChI=1S/C32H38N4O8/c1-32(2,3)44-31(40)36-18-24-14-25(42-19-26-16-33-20-43-26)9-8-23(24)15-27(36)28(37)17-34-29(38)21-4-6-22(7-5-21)30(39)35-10-12-41-13-11-35/h4-9,14,16,20,27-28,37H,10-13,15,17-19H2,1-3H3,(H,34,38)/t27-,28+/m0/s1. The Kier molecular flexibility index (Phi) is 9.50. The molecule has 2 N–H and O–H groups in total. The zero-order valence-corrected chi connectivity index (χ0v) is 25.2. The number of nitrogens with one attached hydrogen (secondary N) is 1. The smallest absolute Gasteiger partial charge is 0.410 e. The summed E-state index contributed by atoms with van der Waals surface area (Å²) in [5.74, 6) is 0.681. The van der Waals surface area contributed by atoms with Gasteiger partial charge in [-0.3, -0.25) is 14.5 Å². The fourth-order valence-corrected chi connectivity index (χ4v) is 5.16. The monoisotopic (exact) mass is 606 g/mol. The number of aliphatic hydroxyl groups is 1. The molecule has 1 fully saturated rings. The first kappa shape index (κ1) is 31.0. The van der Waals surface area contributed by atoms with Gasteiger partial charge in [0.05, 0.1) is 31.6 Å². The number of ether oxygens (including phenoxy) is 3. The number of oxazole rings is 1. The van der Waals surface area contributed by atoms with Crippen LogP contribution >= 0.6 is 0 Å². The summed E-state index contributed by atoms with van der Waals surface area (Å²) in [5, 5.41) is 14.0. The Morgan fingerprint density at radius 1 is 1.07 bits per heavy atom. The van der Waals surface area contributed by atoms with Crippen LogP contribution in [0, 0.1) is 0 Å². The fraction of sp³-hybridized carbons (Fsp3) is 0.438. The van der Waals surface area contributed by atoms with Gasteiger partial charge in [0, 0.05) is 37.3 Å². The molecule has 12 nitrogen and oxygen atoms in total. The van der Waals surface area contributed by atoms with E-state index >= 15 is 0 Å². The van der Waals surface area contributed by atoms with E-state index in [0.717, 1.165) is 11.1 Å². The fourth-order valence-electron chi connectivity index (χ4n) is 5.16. The van der Waals surface area contributed by atoms with Crippen molar-refractivity contribution in [2.75, 3.05) is 32.8 Å². The zero-order valence-electron chi connectivity index (χ0n) is 25.2. The molecule has 2 aliphatic rings. The predicted octanol–water partition coefficient (Wildman–Crippen LogP) is 3.18. The lowest BCUT2D eigenvalue weighted by atomic mass is 9.91. The van der Waals surface area contributed by atoms with E-state index in [1.807, 2.05) is 18.2 Å². The highest BCUT2D eigenvalue weighted by molar-refractivity contribution is 5.97. The van der Waals surface area contributed by atoms with Gasteiger partial charge < -0.3 is 34.0 Å². The van der Waals surface area contributed by atoms with E-state index in [1.54, 1.807) is 56.1 Å². The van der Waals surface area contributed by atoms with Crippen LogP contribution in [-0.2, 0) is 29.0 Å². The number of nitrogens with zero attached hydrogens (tertiary/aromatic N) is 3. The van der Waals surface area contributed by atoms with Crippen molar-refractivity contribution in [3.05, 3.63) is 83.1 Å². The van der Waals surface area contributed by atoms with Gasteiger partial charge in [-0.15, -0.1) is 0 Å². The third kappa shape index (κ3) is 7.74. The SMILES string of the molecule is CC(C)(C)OC(=O)N1Cc2cc(OCc3cnco3)ccc2C[C@H]1[C@H](O)CNC(=O)c1ccc(C(=O)N2CCOCC2)cc1. The van der Waals surface area contributed by atoms with Crippen LogP contribution in [0.2, 0.25) is 0 Å². The molecule has 0 radical (unpaired) electrons. The van der Waals surface area contributed by atoms with Crippen LogP contribution in [-0.4, -0.2) is 88.4 Å². The second-order valence-corrected chi connectivity index (χ2v) is 11.8. The van der Waals surface area contributed by atoms with E-state index < -0.39 is 29.7 Å². The van der Waals surface area contributed by atoms with Crippen molar-refractivity contribution in [1.82, 2.24) is 20.1 Å². The van der Waals surface area contributed by atoms with Gasteiger partial charge in [0.1, 0.15) is 18.0 Å². The van der Waals surface area contributed by atoms with Crippen LogP contribution in [0.5, 0.6) is 5.75 Å². The summed E-state index contributed by atoms with van der Waals surface area (Å²) in [6.07, 6.45) is 1.63. The molecular formula is C32H38N4O8. The molecule has 3 amide bonds. The van der Waals surface area contributed by atoms with Crippen LogP contribution in [0.4, 0.5) is 4.79 Å². The summed E-state index contributed by atoms with van der Waals surface area (Å²) in [4.78, 5) is 46.0. The Morgan fingerprint density at radius 3 is 2.48 bits per heavy atom. The molecule has 0 aliphatic carbocycles. The van der Waals surface area contributed by atoms with Crippen molar-refractivity contribution in [3.8, 4) is 5.75 Å². The minimum Gasteiger partial charge on any atom is -0.486 e. The number of morpholine rings is 1. The van der Waals surface area contributed by atoms with Gasteiger partial charge in [0.2, 0.25) is 0 Å². The van der Waals surface area contributed by atoms with Crippen molar-refractivity contribution in [2.24, 2.45) is 0 Å². The highest BCUT2D eigenvalue weighted by Crippen LogP contribution is 2.30. The van der Waals surface area contributed by atoms with Gasteiger partial charge in [-0.2, -0.15) is 0 Å². The highest BCUT2D eigenvalue weighted by Gasteiger charge is 2.37. The molecule has 44 heavy (non-hydrogen) atoms. The number of rotatable bonds is 8. The van der Waals surface area contributed by atoms with Crippen LogP contribution in [0.15, 0.2) is 59.5 Å². The van der Waals surface area contributed by atoms with Gasteiger partial charge in [-0.05, 0) is 74.7 Å². The lowest BCUT2D eigenvalue weighted by Crippen LogP contribution is -2.54. The molecule has 234 valence electrons. The molecule has 0 bridgehead atoms. The van der Waals surface area contributed by atoms with E-state index in [1.165, 1.54) is 11.3 Å². The number of hydrogen-bond donors (Lipinski definition) is 2. The van der Waals surface area contributed by atoms with Gasteiger partial charge >= 0.3 is 6.09 Å². The maximum absolute atomic E-state index is 13.3. The average Bonchev–Trinajstić information content (AvgIpc) is 3.55. The minimum absolute atomic E-state index is 0.0923. The van der Waals surface area contributed by atoms with E-state index in [0.29, 0.717) is 55.4 Å². The minimum atomic E-state index is -1.08. The number of hydrogen-bond acceptors (Lipinski definition) is 9. The summed E-state index contributed by atoms with van der Waals surface area (Å²) in [7, 11) is 0. The Balaban J connectivity index is 1.24. The highest BCUT2D eigenvalue weighted by atomic mass is 16.6. The average molecular weight is 607 g/mol. The summed E-state index contributed by atoms with van der Waals surface area (Å²) < 4.78 is 22.0. The third-order valence-electron chi connectivity index (χ3n) is 7.45. The predicted molar refractivity (Wildman–Crippen MR) is 158 cm³/mol. The normalized spacial score (nSPS) is 17.4. The first-order valence-electron chi connectivity index (χ1n) is 14.6. The Bertz CT molecular complexity index is 1450. The number of aliphatic hydroxyl groups excluding tert-OH is 1. The first-order valence-corrected chi connectivity index (χ1v) is 14.6. The van der Waals surface area contributed by atoms with Gasteiger partial charge in [-0.1, -0.05) is 6.07 Å². The van der Waals surface area contributed by atoms with Crippen LogP contribution in [0.1, 0.15) is 58.4 Å². The van der Waals surface area contributed by atoms with Crippen molar-refractivity contribution in [2.45, 2.75) is 58.1 Å². The molecule has 2 aliphatic heterocycles. The van der Waals surface area contributed by atoms with Crippen LogP contribution < -0.4 is 10.1 Å². The van der Waals surface area contributed by atoms with Gasteiger partial charge in [0.25, 0.3) is 11.8 Å². The lowest BCUT2D eigenvalue weighted by Gasteiger charge is -2.40. The largest absolute Gasteiger partial charge is 0.486 e. The van der Waals surface area contributed by atoms with Gasteiger partial charge in [0.15, 0.2) is 12.2 Å². The number of benzene rings is 2. The molecule has 1 saturated heterocycles. The second kappa shape index (κ2) is 13.5. The number of amides is 3. The number of aromatic nitrogens is 1. The quantitative estimate of drug-likeness (QED) is 0.395. The molecule has 0 spiro atoms. The van der Waals surface area contributed by atoms with E-state index in [4.69, 9.17) is 18.6 Å². The maximum Gasteiger partial charge on any atom is 0.410 e. The van der Waals surface area contributed by atoms with Gasteiger partial charge in [-0.25, -0.2) is 9.78 Å². The van der Waals surface area contributed by atoms with Crippen molar-refractivity contribution < 1.29 is 38.1 Å². The zero-order chi connectivity index (χ0) is 31.3. The summed E-state index contributed by atoms with van der Waals surface area (Å²) in [6.45, 7) is 7.73. The molecular weight excluding hydrogens is 568 g/mol. The number of fused-ring (bicyclic) bond motifs is 1. The molecule has 12 heteroatoms. The molecule has 2 aromatic carbocycles. The summed E-state index contributed by atoms with van der Waals surface area (Å²) >= 11 is 0. The number of carbonyl (C=O) groups excluding carboxylic acids is 3. The molecule has 1 aromatic heterocycles. The molecule has 0 unspecified atom stereocenters. The first-order chi connectivity index (χ1) is 21.1. The Morgan fingerprint density at radius 2 is 1.80 bits per heavy atom. The van der Waals surface area contributed by atoms with E-state index in [-0.39, 0.29) is 25.6 Å². The molecule has 5 rings (SSSR count). The Labute approximate surface area is 255 Å². The van der Waals surface area contributed by atoms with Crippen molar-refractivity contribution in [3.63, 3.8) is 0 Å². The molecule has 3 heterocycles. The van der Waals surface area contributed by atoms with E-state index in [9.17, 15) is 19.5 Å². The van der Waals surface area contributed by atoms with E-state index in [2.05, 4.69) is 10.3 Å². The Hall–Kier alpha value is -4.42. The number of carbonyl (C=O) groups is 3. The summed E-state index contributed by atoms with van der Waals surface area (Å²) in [5.41, 5.74) is 1.92.